The number of benzene rings is 8. The Hall–Kier alpha value is -8.95. The average molecular weight is 1590 g/mol. The Morgan fingerprint density at radius 2 is 0.655 bits per heavy atom. The predicted octanol–water partition coefficient (Wildman–Crippen LogP) is 14.4. The fraction of sp³-hybridized carbons (Fsp3) is 0.341. The Balaban J connectivity index is 0.000000169. The van der Waals surface area contributed by atoms with E-state index in [0.717, 1.165) is 86.8 Å². The first-order chi connectivity index (χ1) is 52.6. The number of carbonyl (C=O) groups excluding carboxylic acids is 8. The summed E-state index contributed by atoms with van der Waals surface area (Å²) >= 11 is 12.5. The normalized spacial score (nSPS) is 19.4. The van der Waals surface area contributed by atoms with Gasteiger partial charge in [-0.25, -0.2) is 0 Å². The number of carbonyl (C=O) groups is 8. The van der Waals surface area contributed by atoms with Crippen molar-refractivity contribution < 1.29 is 57.3 Å². The molecule has 0 bridgehead atoms. The number of likely N-dealkylation sites (N-methyl/N-ethyl adjacent to an activating group) is 3. The second-order valence-corrected chi connectivity index (χ2v) is 32.6. The summed E-state index contributed by atoms with van der Waals surface area (Å²) in [6, 6.07) is 61.0. The molecule has 4 aliphatic rings. The van der Waals surface area contributed by atoms with E-state index < -0.39 is 48.3 Å². The Labute approximate surface area is 667 Å². The molecule has 0 spiro atoms. The van der Waals surface area contributed by atoms with Crippen LogP contribution in [0.2, 0.25) is 5.02 Å². The summed E-state index contributed by atoms with van der Waals surface area (Å²) in [6.45, 7) is 17.7. The van der Waals surface area contributed by atoms with Crippen LogP contribution in [0, 0.1) is 27.7 Å². The van der Waals surface area contributed by atoms with Gasteiger partial charge in [0.1, 0.15) is 0 Å². The van der Waals surface area contributed by atoms with Crippen LogP contribution >= 0.6 is 58.6 Å². The van der Waals surface area contributed by atoms with Crippen LogP contribution in [0.5, 0.6) is 0 Å². The topological polar surface area (TPSA) is 231 Å². The monoisotopic (exact) mass is 1580 g/mol. The molecule has 20 nitrogen and oxygen atoms in total. The van der Waals surface area contributed by atoms with E-state index in [-0.39, 0.29) is 44.6 Å². The second kappa shape index (κ2) is 40.3. The molecule has 0 aromatic heterocycles. The smallest absolute Gasteiger partial charge is 0.303 e. The lowest BCUT2D eigenvalue weighted by molar-refractivity contribution is -0.153. The molecule has 4 aliphatic heterocycles. The minimum atomic E-state index is -0.923. The van der Waals surface area contributed by atoms with Crippen molar-refractivity contribution in [1.82, 2.24) is 15.1 Å². The van der Waals surface area contributed by atoms with Crippen molar-refractivity contribution in [3.05, 3.63) is 238 Å². The molecule has 0 unspecified atom stereocenters. The quantitative estimate of drug-likeness (QED) is 0.0566. The van der Waals surface area contributed by atoms with Gasteiger partial charge in [0.15, 0.2) is 24.4 Å². The lowest BCUT2D eigenvalue weighted by Gasteiger charge is -2.28. The third-order valence-electron chi connectivity index (χ3n) is 18.1. The number of halogens is 1. The molecule has 8 aromatic carbocycles. The van der Waals surface area contributed by atoms with Crippen molar-refractivity contribution in [3.8, 4) is 0 Å². The van der Waals surface area contributed by atoms with Gasteiger partial charge in [-0.2, -0.15) is 0 Å². The summed E-state index contributed by atoms with van der Waals surface area (Å²) < 4.78 is 22.2. The van der Waals surface area contributed by atoms with Crippen LogP contribution in [0.3, 0.4) is 0 Å². The maximum atomic E-state index is 13.6. The van der Waals surface area contributed by atoms with Gasteiger partial charge in [-0.3, -0.25) is 38.4 Å². The molecule has 25 heteroatoms. The zero-order valence-corrected chi connectivity index (χ0v) is 68.4. The van der Waals surface area contributed by atoms with Crippen LogP contribution in [-0.4, -0.2) is 169 Å². The summed E-state index contributed by atoms with van der Waals surface area (Å²) in [5.74, 6) is -2.68. The highest BCUT2D eigenvalue weighted by Crippen LogP contribution is 2.51. The summed E-state index contributed by atoms with van der Waals surface area (Å²) in [6.07, 6.45) is -3.58. The zero-order valence-electron chi connectivity index (χ0n) is 64.3. The summed E-state index contributed by atoms with van der Waals surface area (Å²) in [7, 11) is 9.71. The van der Waals surface area contributed by atoms with Crippen molar-refractivity contribution in [2.24, 2.45) is 5.73 Å². The molecular weight excluding hydrogens is 1490 g/mol. The molecule has 12 rings (SSSR count). The maximum Gasteiger partial charge on any atom is 0.303 e. The van der Waals surface area contributed by atoms with Crippen LogP contribution in [0.15, 0.2) is 208 Å². The van der Waals surface area contributed by atoms with Crippen LogP contribution < -0.4 is 30.7 Å². The number of fused-ring (bicyclic) bond motifs is 4. The number of thioether (sulfide) groups is 4. The van der Waals surface area contributed by atoms with E-state index in [0.29, 0.717) is 57.4 Å². The number of nitrogens with one attached hydrogen (secondary N) is 1. The lowest BCUT2D eigenvalue weighted by atomic mass is 10.0. The van der Waals surface area contributed by atoms with Crippen molar-refractivity contribution in [2.75, 3.05) is 107 Å². The summed E-state index contributed by atoms with van der Waals surface area (Å²) in [5.41, 5.74) is 17.4. The number of anilines is 4. The van der Waals surface area contributed by atoms with Crippen molar-refractivity contribution in [3.63, 3.8) is 0 Å². The van der Waals surface area contributed by atoms with E-state index >= 15 is 0 Å². The third-order valence-corrected chi connectivity index (χ3v) is 23.8. The van der Waals surface area contributed by atoms with Gasteiger partial charge in [0.2, 0.25) is 0 Å². The molecule has 0 fully saturated rings. The first kappa shape index (κ1) is 85.1. The number of nitrogens with zero attached hydrogens (tertiary/aromatic N) is 6. The number of para-hydroxylation sites is 3. The Morgan fingerprint density at radius 1 is 0.391 bits per heavy atom. The maximum absolute atomic E-state index is 13.6. The van der Waals surface area contributed by atoms with E-state index in [1.165, 1.54) is 51.2 Å². The standard InChI is InChI=1S/C22H25ClN2O3S.C22H26N2O3S.C21H24N2O3S.C20H22N2O3S/c1-14-5-7-16(8-6-14)21-20(28-15(2)26)22(27)25(12-11-24(3)4)18-10-9-17(23)13-19(18)29-21;1-15-9-11-17(12-10-15)21-20(27-16(2)25)22(26)24(14-13-23(3)4)18-7-5-6-8-19(18)28-21;1-14-8-10-16(11-9-14)20-19(26-15(2)24)21(25)23(13-12-22-3)17-6-4-5-7-18(17)27-20;1-13-7-9-15(10-8-13)19-18(25-14(2)23)20(24)22(12-11-21)16-5-3-4-6-17(16)26-19/h5-10,13,20-21H,11-12H2,1-4H3;5-12,20-21H,13-14H2,1-4H3;4-11,19-20,22H,12-13H2,1-3H3;3-10,18-19H,11-12,21H2,1-2H3/t2*20-,21+;19-,20+;18-,19+/m1111/s1. The number of hydrogen-bond donors (Lipinski definition) is 2. The van der Waals surface area contributed by atoms with Gasteiger partial charge in [0.05, 0.1) is 43.7 Å². The first-order valence-corrected chi connectivity index (χ1v) is 40.1. The molecule has 580 valence electrons. The molecule has 8 aromatic rings. The van der Waals surface area contributed by atoms with Gasteiger partial charge in [0.25, 0.3) is 23.6 Å². The first-order valence-electron chi connectivity index (χ1n) is 36.2. The molecule has 0 saturated carbocycles. The van der Waals surface area contributed by atoms with Crippen LogP contribution in [0.25, 0.3) is 0 Å². The van der Waals surface area contributed by atoms with Gasteiger partial charge in [-0.1, -0.05) is 167 Å². The minimum absolute atomic E-state index is 0.180. The van der Waals surface area contributed by atoms with E-state index in [1.54, 1.807) is 49.2 Å². The fourth-order valence-corrected chi connectivity index (χ4v) is 18.1. The predicted molar refractivity (Wildman–Crippen MR) is 442 cm³/mol. The van der Waals surface area contributed by atoms with E-state index in [1.807, 2.05) is 255 Å². The highest BCUT2D eigenvalue weighted by molar-refractivity contribution is 8.00. The number of nitrogens with two attached hydrogens (primary N) is 1. The van der Waals surface area contributed by atoms with Crippen molar-refractivity contribution >= 4 is 129 Å². The molecular formula is C85H97ClN8O12S4. The number of ether oxygens (including phenoxy) is 4. The number of esters is 4. The molecule has 110 heavy (non-hydrogen) atoms. The van der Waals surface area contributed by atoms with Crippen LogP contribution in [0.1, 0.15) is 93.2 Å². The number of aryl methyl sites for hydroxylation is 4. The van der Waals surface area contributed by atoms with Crippen molar-refractivity contribution in [2.45, 2.75) is 120 Å². The van der Waals surface area contributed by atoms with Gasteiger partial charge in [-0.05, 0) is 140 Å². The Morgan fingerprint density at radius 3 is 0.927 bits per heavy atom. The van der Waals surface area contributed by atoms with Gasteiger partial charge >= 0.3 is 23.9 Å². The molecule has 3 N–H and O–H groups in total. The largest absolute Gasteiger partial charge is 0.451 e. The number of hydrogen-bond acceptors (Lipinski definition) is 20. The molecule has 0 aliphatic carbocycles. The van der Waals surface area contributed by atoms with Crippen LogP contribution in [0.4, 0.5) is 22.7 Å². The molecule has 4 heterocycles. The highest BCUT2D eigenvalue weighted by Gasteiger charge is 2.45. The number of amides is 4. The molecule has 0 radical (unpaired) electrons. The molecule has 8 atom stereocenters. The van der Waals surface area contributed by atoms with E-state index in [4.69, 9.17) is 36.3 Å². The van der Waals surface area contributed by atoms with E-state index in [9.17, 15) is 38.4 Å². The molecule has 0 saturated heterocycles. The Kier molecular flexibility index (Phi) is 31.2. The van der Waals surface area contributed by atoms with Crippen LogP contribution in [-0.2, 0) is 57.3 Å². The summed E-state index contributed by atoms with van der Waals surface area (Å²) in [4.78, 5) is 116. The van der Waals surface area contributed by atoms with E-state index in [2.05, 4.69) is 5.32 Å². The Bertz CT molecular complexity index is 4520. The van der Waals surface area contributed by atoms with Gasteiger partial charge in [-0.15, -0.1) is 47.0 Å². The summed E-state index contributed by atoms with van der Waals surface area (Å²) in [5, 5.41) is 2.39. The lowest BCUT2D eigenvalue weighted by Crippen LogP contribution is -2.45. The fourth-order valence-electron chi connectivity index (χ4n) is 12.6. The van der Waals surface area contributed by atoms with Crippen molar-refractivity contribution in [1.29, 1.82) is 0 Å². The zero-order chi connectivity index (χ0) is 79.5. The number of rotatable bonds is 19. The van der Waals surface area contributed by atoms with Gasteiger partial charge in [0, 0.05) is 105 Å². The van der Waals surface area contributed by atoms with Gasteiger partial charge < -0.3 is 59.4 Å². The minimum Gasteiger partial charge on any atom is -0.451 e. The average Bonchev–Trinajstić information content (AvgIpc) is 1.64. The molecule has 4 amide bonds. The highest BCUT2D eigenvalue weighted by atomic mass is 35.5. The SMILES string of the molecule is CC(=O)O[C@H]1C(=O)N(CCN(C)C)c2ccc(Cl)cc2S[C@H]1c1ccc(C)cc1.CC(=O)O[C@H]1C(=O)N(CCN(C)C)c2ccccc2S[C@H]1c1ccc(C)cc1.CC(=O)O[C@H]1C(=O)N(CCN)c2ccccc2S[C@H]1c1ccc(C)cc1.CNCCN1C(=O)[C@H](OC(C)=O)[C@H](c2ccc(C)cc2)Sc2ccccc21. The third kappa shape index (κ3) is 22.4. The second-order valence-electron chi connectivity index (χ2n) is 27.4.